The van der Waals surface area contributed by atoms with Crippen LogP contribution in [-0.4, -0.2) is 74.3 Å². The van der Waals surface area contributed by atoms with E-state index >= 15 is 0 Å². The molecule has 0 radical (unpaired) electrons. The molecule has 0 rings (SSSR count). The average molecular weight is 439 g/mol. The highest BCUT2D eigenvalue weighted by Crippen LogP contribution is 2.12. The summed E-state index contributed by atoms with van der Waals surface area (Å²) in [6, 6.07) is 0. The SMILES string of the molecule is COC(=O)C(C)CSCCC(=O)OCCOC(=O)CCSCC(C)C(=O)OC. The van der Waals surface area contributed by atoms with Crippen molar-refractivity contribution in [3.8, 4) is 0 Å². The Morgan fingerprint density at radius 2 is 1.07 bits per heavy atom. The molecule has 8 nitrogen and oxygen atoms in total. The maximum absolute atomic E-state index is 11.6. The lowest BCUT2D eigenvalue weighted by atomic mass is 10.2. The summed E-state index contributed by atoms with van der Waals surface area (Å²) in [5.74, 6) is 0.522. The number of esters is 4. The van der Waals surface area contributed by atoms with Gasteiger partial charge < -0.3 is 18.9 Å². The maximum atomic E-state index is 11.6. The molecule has 0 aliphatic carbocycles. The van der Waals surface area contributed by atoms with Gasteiger partial charge in [-0.15, -0.1) is 0 Å². The van der Waals surface area contributed by atoms with E-state index in [4.69, 9.17) is 9.47 Å². The molecular formula is C18H30O8S2. The van der Waals surface area contributed by atoms with Gasteiger partial charge in [-0.3, -0.25) is 19.2 Å². The average Bonchev–Trinajstić information content (AvgIpc) is 2.69. The number of thioether (sulfide) groups is 2. The molecule has 2 unspecified atom stereocenters. The van der Waals surface area contributed by atoms with E-state index < -0.39 is 0 Å². The molecule has 0 amide bonds. The quantitative estimate of drug-likeness (QED) is 0.214. The zero-order valence-corrected chi connectivity index (χ0v) is 18.5. The van der Waals surface area contributed by atoms with Gasteiger partial charge in [-0.05, 0) is 0 Å². The minimum atomic E-state index is -0.373. The first-order valence-electron chi connectivity index (χ1n) is 8.94. The van der Waals surface area contributed by atoms with Crippen molar-refractivity contribution in [1.29, 1.82) is 0 Å². The molecule has 0 fully saturated rings. The van der Waals surface area contributed by atoms with Crippen molar-refractivity contribution in [2.75, 3.05) is 50.4 Å². The molecular weight excluding hydrogens is 408 g/mol. The Bertz CT molecular complexity index is 454. The summed E-state index contributed by atoms with van der Waals surface area (Å²) in [4.78, 5) is 45.6. The van der Waals surface area contributed by atoms with Crippen molar-refractivity contribution in [2.45, 2.75) is 26.7 Å². The molecule has 0 heterocycles. The normalized spacial score (nSPS) is 12.6. The fraction of sp³-hybridized carbons (Fsp3) is 0.778. The third-order valence-electron chi connectivity index (χ3n) is 3.45. The Hall–Kier alpha value is -1.42. The highest BCUT2D eigenvalue weighted by molar-refractivity contribution is 7.99. The van der Waals surface area contributed by atoms with Crippen LogP contribution in [0.3, 0.4) is 0 Å². The van der Waals surface area contributed by atoms with Crippen LogP contribution in [0.1, 0.15) is 26.7 Å². The third kappa shape index (κ3) is 13.7. The highest BCUT2D eigenvalue weighted by Gasteiger charge is 2.14. The smallest absolute Gasteiger partial charge is 0.309 e. The zero-order valence-electron chi connectivity index (χ0n) is 16.9. The largest absolute Gasteiger partial charge is 0.469 e. The van der Waals surface area contributed by atoms with Crippen molar-refractivity contribution in [1.82, 2.24) is 0 Å². The van der Waals surface area contributed by atoms with Crippen molar-refractivity contribution < 1.29 is 38.1 Å². The second-order valence-corrected chi connectivity index (χ2v) is 8.24. The highest BCUT2D eigenvalue weighted by atomic mass is 32.2. The molecule has 0 saturated carbocycles. The predicted octanol–water partition coefficient (Wildman–Crippen LogP) is 1.94. The minimum absolute atomic E-state index is 0.0142. The van der Waals surface area contributed by atoms with Gasteiger partial charge in [0.15, 0.2) is 0 Å². The van der Waals surface area contributed by atoms with Crippen molar-refractivity contribution in [3.05, 3.63) is 0 Å². The van der Waals surface area contributed by atoms with Crippen LogP contribution in [0, 0.1) is 11.8 Å². The first-order valence-corrected chi connectivity index (χ1v) is 11.2. The zero-order chi connectivity index (χ0) is 21.4. The van der Waals surface area contributed by atoms with E-state index in [1.807, 2.05) is 0 Å². The standard InChI is InChI=1S/C18H30O8S2/c1-13(17(21)23-3)11-27-9-5-15(19)25-7-8-26-16(20)6-10-28-12-14(2)18(22)24-4/h13-14H,5-12H2,1-4H3. The molecule has 0 spiro atoms. The van der Waals surface area contributed by atoms with E-state index in [1.54, 1.807) is 13.8 Å². The fourth-order valence-corrected chi connectivity index (χ4v) is 3.76. The third-order valence-corrected chi connectivity index (χ3v) is 5.91. The van der Waals surface area contributed by atoms with Crippen LogP contribution in [0.25, 0.3) is 0 Å². The molecule has 0 aliphatic rings. The molecule has 0 aromatic rings. The van der Waals surface area contributed by atoms with Gasteiger partial charge in [-0.25, -0.2) is 0 Å². The van der Waals surface area contributed by atoms with Crippen LogP contribution < -0.4 is 0 Å². The maximum Gasteiger partial charge on any atom is 0.309 e. The van der Waals surface area contributed by atoms with Gasteiger partial charge in [0.2, 0.25) is 0 Å². The van der Waals surface area contributed by atoms with E-state index in [9.17, 15) is 19.2 Å². The molecule has 28 heavy (non-hydrogen) atoms. The Labute approximate surface area is 174 Å². The molecule has 0 aromatic carbocycles. The number of hydrogen-bond acceptors (Lipinski definition) is 10. The van der Waals surface area contributed by atoms with Crippen LogP contribution >= 0.6 is 23.5 Å². The van der Waals surface area contributed by atoms with Gasteiger partial charge in [-0.1, -0.05) is 13.8 Å². The lowest BCUT2D eigenvalue weighted by Gasteiger charge is -2.09. The molecule has 162 valence electrons. The molecule has 0 saturated heterocycles. The van der Waals surface area contributed by atoms with Gasteiger partial charge in [0, 0.05) is 23.0 Å². The first-order chi connectivity index (χ1) is 13.3. The Morgan fingerprint density at radius 1 is 0.714 bits per heavy atom. The second-order valence-electron chi connectivity index (χ2n) is 5.94. The van der Waals surface area contributed by atoms with Crippen LogP contribution in [0.2, 0.25) is 0 Å². The van der Waals surface area contributed by atoms with E-state index in [0.29, 0.717) is 23.0 Å². The molecule has 0 aliphatic heterocycles. The topological polar surface area (TPSA) is 105 Å². The van der Waals surface area contributed by atoms with Crippen molar-refractivity contribution in [3.63, 3.8) is 0 Å². The number of carbonyl (C=O) groups excluding carboxylic acids is 4. The lowest BCUT2D eigenvalue weighted by Crippen LogP contribution is -2.17. The summed E-state index contributed by atoms with van der Waals surface area (Å²) < 4.78 is 19.2. The number of ether oxygens (including phenoxy) is 4. The summed E-state index contributed by atoms with van der Waals surface area (Å²) in [6.07, 6.45) is 0.447. The van der Waals surface area contributed by atoms with Crippen LogP contribution in [0.5, 0.6) is 0 Å². The van der Waals surface area contributed by atoms with Crippen LogP contribution in [0.4, 0.5) is 0 Å². The number of hydrogen-bond donors (Lipinski definition) is 0. The molecule has 0 bridgehead atoms. The van der Waals surface area contributed by atoms with E-state index in [2.05, 4.69) is 9.47 Å². The Balaban J connectivity index is 3.60. The fourth-order valence-electron chi connectivity index (χ4n) is 1.83. The second kappa shape index (κ2) is 16.5. The summed E-state index contributed by atoms with van der Waals surface area (Å²) >= 11 is 2.95. The van der Waals surface area contributed by atoms with Gasteiger partial charge in [0.05, 0.1) is 38.9 Å². The predicted molar refractivity (Wildman–Crippen MR) is 108 cm³/mol. The lowest BCUT2D eigenvalue weighted by molar-refractivity contribution is -0.151. The summed E-state index contributed by atoms with van der Waals surface area (Å²) in [6.45, 7) is 3.56. The van der Waals surface area contributed by atoms with E-state index in [1.165, 1.54) is 37.7 Å². The molecule has 0 aromatic heterocycles. The number of carbonyl (C=O) groups is 4. The monoisotopic (exact) mass is 438 g/mol. The van der Waals surface area contributed by atoms with E-state index in [0.717, 1.165) is 0 Å². The number of rotatable bonds is 15. The van der Waals surface area contributed by atoms with Gasteiger partial charge >= 0.3 is 23.9 Å². The van der Waals surface area contributed by atoms with Gasteiger partial charge in [0.25, 0.3) is 0 Å². The van der Waals surface area contributed by atoms with Crippen molar-refractivity contribution >= 4 is 47.4 Å². The van der Waals surface area contributed by atoms with Gasteiger partial charge in [0.1, 0.15) is 13.2 Å². The van der Waals surface area contributed by atoms with E-state index in [-0.39, 0.29) is 61.8 Å². The van der Waals surface area contributed by atoms with Crippen molar-refractivity contribution in [2.24, 2.45) is 11.8 Å². The Kier molecular flexibility index (Phi) is 15.7. The Morgan fingerprint density at radius 3 is 1.39 bits per heavy atom. The first kappa shape index (κ1) is 26.6. The van der Waals surface area contributed by atoms with Gasteiger partial charge in [-0.2, -0.15) is 23.5 Å². The van der Waals surface area contributed by atoms with Crippen LogP contribution in [-0.2, 0) is 38.1 Å². The summed E-state index contributed by atoms with van der Waals surface area (Å²) in [7, 11) is 2.69. The number of methoxy groups -OCH3 is 2. The summed E-state index contributed by atoms with van der Waals surface area (Å²) in [5, 5.41) is 0. The van der Waals surface area contributed by atoms with Crippen LogP contribution in [0.15, 0.2) is 0 Å². The summed E-state index contributed by atoms with van der Waals surface area (Å²) in [5.41, 5.74) is 0. The molecule has 0 N–H and O–H groups in total. The molecule has 2 atom stereocenters. The minimum Gasteiger partial charge on any atom is -0.469 e. The molecule has 10 heteroatoms.